The van der Waals surface area contributed by atoms with Crippen LogP contribution in [0.3, 0.4) is 0 Å². The Labute approximate surface area is 132 Å². The standard InChI is InChI=1S/C16H25BrO2S/c1-7-15(2,3)13-10-8-12(9-11-13)14(17)16(4,5)20(6,18)19/h8-11,14H,7H2,1-6H3. The van der Waals surface area contributed by atoms with Crippen LogP contribution in [0.15, 0.2) is 24.3 Å². The molecule has 0 spiro atoms. The molecular formula is C16H25BrO2S. The minimum absolute atomic E-state index is 0.146. The minimum Gasteiger partial charge on any atom is -0.229 e. The maximum atomic E-state index is 11.9. The van der Waals surface area contributed by atoms with Gasteiger partial charge in [0.25, 0.3) is 0 Å². The van der Waals surface area contributed by atoms with Crippen molar-refractivity contribution in [2.45, 2.75) is 56.0 Å². The van der Waals surface area contributed by atoms with Gasteiger partial charge in [-0.05, 0) is 36.8 Å². The molecule has 0 aliphatic heterocycles. The van der Waals surface area contributed by atoms with Gasteiger partial charge in [-0.2, -0.15) is 0 Å². The fraction of sp³-hybridized carbons (Fsp3) is 0.625. The summed E-state index contributed by atoms with van der Waals surface area (Å²) in [5.74, 6) is 0. The summed E-state index contributed by atoms with van der Waals surface area (Å²) in [6, 6.07) is 8.26. The van der Waals surface area contributed by atoms with Crippen LogP contribution in [0.25, 0.3) is 0 Å². The SMILES string of the molecule is CCC(C)(C)c1ccc(C(Br)C(C)(C)S(C)(=O)=O)cc1. The van der Waals surface area contributed by atoms with Crippen LogP contribution in [0.4, 0.5) is 0 Å². The third-order valence-corrected chi connectivity index (χ3v) is 8.56. The number of alkyl halides is 1. The Morgan fingerprint density at radius 1 is 1.10 bits per heavy atom. The van der Waals surface area contributed by atoms with Crippen LogP contribution in [0.1, 0.15) is 57.0 Å². The second-order valence-electron chi connectivity index (χ2n) is 6.60. The Kier molecular flexibility index (Phi) is 5.13. The fourth-order valence-electron chi connectivity index (χ4n) is 1.90. The van der Waals surface area contributed by atoms with Crippen molar-refractivity contribution in [3.05, 3.63) is 35.4 Å². The molecule has 1 unspecified atom stereocenters. The molecular weight excluding hydrogens is 336 g/mol. The highest BCUT2D eigenvalue weighted by atomic mass is 79.9. The zero-order chi connectivity index (χ0) is 15.8. The quantitative estimate of drug-likeness (QED) is 0.717. The highest BCUT2D eigenvalue weighted by molar-refractivity contribution is 9.09. The van der Waals surface area contributed by atoms with Crippen LogP contribution in [0.2, 0.25) is 0 Å². The molecule has 0 bridgehead atoms. The van der Waals surface area contributed by atoms with E-state index < -0.39 is 14.6 Å². The van der Waals surface area contributed by atoms with Crippen LogP contribution in [-0.4, -0.2) is 19.4 Å². The highest BCUT2D eigenvalue weighted by Crippen LogP contribution is 2.39. The van der Waals surface area contributed by atoms with Crippen molar-refractivity contribution < 1.29 is 8.42 Å². The first-order valence-electron chi connectivity index (χ1n) is 6.87. The number of halogens is 1. The van der Waals surface area contributed by atoms with Crippen molar-refractivity contribution in [2.24, 2.45) is 0 Å². The van der Waals surface area contributed by atoms with Gasteiger partial charge in [0.15, 0.2) is 9.84 Å². The predicted octanol–water partition coefficient (Wildman–Crippen LogP) is 4.63. The smallest absolute Gasteiger partial charge is 0.154 e. The summed E-state index contributed by atoms with van der Waals surface area (Å²) in [4.78, 5) is -0.219. The summed E-state index contributed by atoms with van der Waals surface area (Å²) in [5, 5.41) is 0. The lowest BCUT2D eigenvalue weighted by Gasteiger charge is -2.29. The Morgan fingerprint density at radius 3 is 1.90 bits per heavy atom. The van der Waals surface area contributed by atoms with Crippen molar-refractivity contribution in [3.63, 3.8) is 0 Å². The monoisotopic (exact) mass is 360 g/mol. The molecule has 0 radical (unpaired) electrons. The zero-order valence-electron chi connectivity index (χ0n) is 13.2. The summed E-state index contributed by atoms with van der Waals surface area (Å²) >= 11 is 3.56. The first kappa shape index (κ1) is 17.7. The molecule has 1 atom stereocenters. The number of rotatable bonds is 5. The molecule has 0 aliphatic rings. The summed E-state index contributed by atoms with van der Waals surface area (Å²) in [6.45, 7) is 10.1. The molecule has 0 N–H and O–H groups in total. The Balaban J connectivity index is 3.12. The van der Waals surface area contributed by atoms with Crippen LogP contribution in [0, 0.1) is 0 Å². The van der Waals surface area contributed by atoms with Crippen molar-refractivity contribution in [1.29, 1.82) is 0 Å². The summed E-state index contributed by atoms with van der Waals surface area (Å²) in [5.41, 5.74) is 2.42. The first-order valence-corrected chi connectivity index (χ1v) is 9.68. The van der Waals surface area contributed by atoms with Crippen molar-refractivity contribution in [2.75, 3.05) is 6.26 Å². The lowest BCUT2D eigenvalue weighted by atomic mass is 9.82. The van der Waals surface area contributed by atoms with Crippen molar-refractivity contribution >= 4 is 25.8 Å². The Bertz CT molecular complexity index is 557. The van der Waals surface area contributed by atoms with Gasteiger partial charge in [-0.1, -0.05) is 61.0 Å². The molecule has 0 fully saturated rings. The Hall–Kier alpha value is -0.350. The predicted molar refractivity (Wildman–Crippen MR) is 90.3 cm³/mol. The normalized spacial score (nSPS) is 15.2. The van der Waals surface area contributed by atoms with E-state index in [1.807, 2.05) is 12.1 Å². The zero-order valence-corrected chi connectivity index (χ0v) is 15.6. The topological polar surface area (TPSA) is 34.1 Å². The van der Waals surface area contributed by atoms with Gasteiger partial charge in [-0.15, -0.1) is 0 Å². The fourth-order valence-corrected chi connectivity index (χ4v) is 3.73. The molecule has 0 heterocycles. The second kappa shape index (κ2) is 5.80. The average Bonchev–Trinajstić information content (AvgIpc) is 2.36. The average molecular weight is 361 g/mol. The van der Waals surface area contributed by atoms with Gasteiger partial charge >= 0.3 is 0 Å². The molecule has 0 aromatic heterocycles. The molecule has 114 valence electrons. The molecule has 0 aliphatic carbocycles. The van der Waals surface area contributed by atoms with Crippen LogP contribution in [-0.2, 0) is 15.3 Å². The lowest BCUT2D eigenvalue weighted by Crippen LogP contribution is -2.35. The third kappa shape index (κ3) is 3.45. The van der Waals surface area contributed by atoms with Crippen molar-refractivity contribution in [3.8, 4) is 0 Å². The largest absolute Gasteiger partial charge is 0.229 e. The van der Waals surface area contributed by atoms with E-state index in [1.54, 1.807) is 13.8 Å². The minimum atomic E-state index is -3.14. The maximum Gasteiger partial charge on any atom is 0.154 e. The lowest BCUT2D eigenvalue weighted by molar-refractivity contribution is 0.505. The van der Waals surface area contributed by atoms with E-state index in [0.29, 0.717) is 0 Å². The van der Waals surface area contributed by atoms with Gasteiger partial charge in [-0.3, -0.25) is 0 Å². The molecule has 1 rings (SSSR count). The number of hydrogen-bond acceptors (Lipinski definition) is 2. The van der Waals surface area contributed by atoms with Crippen molar-refractivity contribution in [1.82, 2.24) is 0 Å². The Morgan fingerprint density at radius 2 is 1.55 bits per heavy atom. The van der Waals surface area contributed by atoms with Gasteiger partial charge in [0.05, 0.1) is 9.57 Å². The molecule has 20 heavy (non-hydrogen) atoms. The summed E-state index contributed by atoms with van der Waals surface area (Å²) < 4.78 is 23.0. The summed E-state index contributed by atoms with van der Waals surface area (Å²) in [6.07, 6.45) is 2.36. The van der Waals surface area contributed by atoms with E-state index in [2.05, 4.69) is 48.8 Å². The van der Waals surface area contributed by atoms with E-state index >= 15 is 0 Å². The third-order valence-electron chi connectivity index (χ3n) is 4.43. The van der Waals surface area contributed by atoms with Gasteiger partial charge < -0.3 is 0 Å². The highest BCUT2D eigenvalue weighted by Gasteiger charge is 2.38. The molecule has 0 saturated carbocycles. The first-order chi connectivity index (χ1) is 8.93. The van der Waals surface area contributed by atoms with Gasteiger partial charge in [0, 0.05) is 6.26 Å². The van der Waals surface area contributed by atoms with E-state index in [-0.39, 0.29) is 10.2 Å². The molecule has 2 nitrogen and oxygen atoms in total. The van der Waals surface area contributed by atoms with E-state index in [9.17, 15) is 8.42 Å². The van der Waals surface area contributed by atoms with Gasteiger partial charge in [0.1, 0.15) is 0 Å². The van der Waals surface area contributed by atoms with Gasteiger partial charge in [-0.25, -0.2) is 8.42 Å². The molecule has 1 aromatic rings. The maximum absolute atomic E-state index is 11.9. The summed E-state index contributed by atoms with van der Waals surface area (Å²) in [7, 11) is -3.14. The van der Waals surface area contributed by atoms with Crippen LogP contribution >= 0.6 is 15.9 Å². The van der Waals surface area contributed by atoms with Crippen LogP contribution < -0.4 is 0 Å². The van der Waals surface area contributed by atoms with E-state index in [1.165, 1.54) is 11.8 Å². The van der Waals surface area contributed by atoms with Crippen LogP contribution in [0.5, 0.6) is 0 Å². The second-order valence-corrected chi connectivity index (χ2v) is 10.1. The molecule has 1 aromatic carbocycles. The molecule has 0 saturated heterocycles. The van der Waals surface area contributed by atoms with E-state index in [0.717, 1.165) is 12.0 Å². The number of hydrogen-bond donors (Lipinski definition) is 0. The number of benzene rings is 1. The molecule has 0 amide bonds. The number of sulfone groups is 1. The van der Waals surface area contributed by atoms with Gasteiger partial charge in [0.2, 0.25) is 0 Å². The van der Waals surface area contributed by atoms with E-state index in [4.69, 9.17) is 0 Å². The molecule has 4 heteroatoms.